The highest BCUT2D eigenvalue weighted by atomic mass is 35.5. The predicted octanol–water partition coefficient (Wildman–Crippen LogP) is 7.94. The van der Waals surface area contributed by atoms with E-state index in [1.807, 2.05) is 0 Å². The lowest BCUT2D eigenvalue weighted by molar-refractivity contribution is -0.0848. The van der Waals surface area contributed by atoms with Crippen LogP contribution < -0.4 is 9.47 Å². The number of halogens is 8. The normalized spacial score (nSPS) is 12.1. The van der Waals surface area contributed by atoms with E-state index in [1.165, 1.54) is 6.08 Å². The minimum Gasteiger partial charge on any atom is -0.490 e. The first-order valence-electron chi connectivity index (χ1n) is 8.37. The van der Waals surface area contributed by atoms with Crippen molar-refractivity contribution in [2.24, 2.45) is 0 Å². The minimum atomic E-state index is -4.51. The van der Waals surface area contributed by atoms with Crippen molar-refractivity contribution in [1.82, 2.24) is 0 Å². The van der Waals surface area contributed by atoms with Crippen molar-refractivity contribution in [3.63, 3.8) is 0 Å². The first kappa shape index (κ1) is 26.5. The fraction of sp³-hybridized carbons (Fsp3) is 0.444. The Morgan fingerprint density at radius 3 is 2.10 bits per heavy atom. The third-order valence-corrected chi connectivity index (χ3v) is 4.48. The first-order chi connectivity index (χ1) is 13.6. The van der Waals surface area contributed by atoms with Crippen LogP contribution in [-0.4, -0.2) is 32.6 Å². The van der Waals surface area contributed by atoms with Crippen LogP contribution in [0.3, 0.4) is 0 Å². The Morgan fingerprint density at radius 2 is 1.52 bits per heavy atom. The molecule has 1 rings (SSSR count). The summed E-state index contributed by atoms with van der Waals surface area (Å²) in [6.07, 6.45) is -0.773. The molecule has 3 nitrogen and oxygen atoms in total. The third kappa shape index (κ3) is 11.5. The van der Waals surface area contributed by atoms with Crippen molar-refractivity contribution in [2.75, 3.05) is 26.4 Å². The second-order valence-electron chi connectivity index (χ2n) is 5.53. The summed E-state index contributed by atoms with van der Waals surface area (Å²) in [5, 5.41) is -0.560. The zero-order chi connectivity index (χ0) is 21.9. The number of hydrogen-bond acceptors (Lipinski definition) is 3. The molecule has 0 aromatic heterocycles. The number of rotatable bonds is 12. The molecule has 0 bridgehead atoms. The van der Waals surface area contributed by atoms with E-state index in [4.69, 9.17) is 72.2 Å². The molecule has 0 aliphatic carbocycles. The lowest BCUT2D eigenvalue weighted by Gasteiger charge is -2.12. The van der Waals surface area contributed by atoms with E-state index < -0.39 is 11.2 Å². The summed E-state index contributed by atoms with van der Waals surface area (Å²) in [4.78, 5) is 0. The van der Waals surface area contributed by atoms with Crippen LogP contribution in [-0.2, 0) is 4.74 Å². The Hall–Kier alpha value is -0.500. The van der Waals surface area contributed by atoms with Gasteiger partial charge >= 0.3 is 6.18 Å². The van der Waals surface area contributed by atoms with Gasteiger partial charge in [-0.15, -0.1) is 0 Å². The van der Waals surface area contributed by atoms with Crippen molar-refractivity contribution in [3.8, 4) is 11.5 Å². The highest BCUT2D eigenvalue weighted by Gasteiger charge is 2.31. The van der Waals surface area contributed by atoms with Gasteiger partial charge in [0.15, 0.2) is 5.75 Å². The summed E-state index contributed by atoms with van der Waals surface area (Å²) in [7, 11) is 0. The molecule has 0 saturated heterocycles. The van der Waals surface area contributed by atoms with Crippen LogP contribution in [0, 0.1) is 0 Å². The van der Waals surface area contributed by atoms with Crippen molar-refractivity contribution in [2.45, 2.75) is 25.4 Å². The number of alkyl halides is 3. The van der Waals surface area contributed by atoms with E-state index in [0.717, 1.165) is 6.08 Å². The molecule has 0 radical (unpaired) electrons. The quantitative estimate of drug-likeness (QED) is 0.264. The second kappa shape index (κ2) is 13.7. The van der Waals surface area contributed by atoms with Gasteiger partial charge in [-0.2, -0.15) is 13.2 Å². The molecule has 0 aliphatic heterocycles. The summed E-state index contributed by atoms with van der Waals surface area (Å²) in [6.45, 7) is 1.03. The Kier molecular flexibility index (Phi) is 12.6. The minimum absolute atomic E-state index is 0.0847. The zero-order valence-corrected chi connectivity index (χ0v) is 18.8. The summed E-state index contributed by atoms with van der Waals surface area (Å²) in [6, 6.07) is 3.11. The fourth-order valence-corrected chi connectivity index (χ4v) is 2.74. The van der Waals surface area contributed by atoms with Gasteiger partial charge in [0.1, 0.15) is 21.9 Å². The van der Waals surface area contributed by atoms with Crippen LogP contribution in [0.1, 0.15) is 19.3 Å². The first-order valence-corrected chi connectivity index (χ1v) is 10.3. The van der Waals surface area contributed by atoms with Crippen LogP contribution in [0.4, 0.5) is 13.2 Å². The van der Waals surface area contributed by atoms with E-state index in [9.17, 15) is 13.2 Å². The molecule has 164 valence electrons. The van der Waals surface area contributed by atoms with E-state index in [1.54, 1.807) is 12.1 Å². The zero-order valence-electron chi connectivity index (χ0n) is 15.0. The Balaban J connectivity index is 2.27. The van der Waals surface area contributed by atoms with Gasteiger partial charge in [-0.3, -0.25) is 0 Å². The standard InChI is InChI=1S/C18H18Cl5F3O3/c19-13-10-12(28-9-5-16(22)23)11-14(20)17(13)29-8-2-1-6-27-7-3-4-15(21)18(24,25)26/h4-5,10-11H,1-3,6-9H2. The van der Waals surface area contributed by atoms with E-state index in [0.29, 0.717) is 37.6 Å². The summed E-state index contributed by atoms with van der Waals surface area (Å²) < 4.78 is 52.8. The third-order valence-electron chi connectivity index (χ3n) is 3.25. The SMILES string of the molecule is FC(F)(F)C(Cl)=CCCOCCCCOc1c(Cl)cc(OCC=C(Cl)Cl)cc1Cl. The molecular weight excluding hydrogens is 498 g/mol. The molecule has 0 N–H and O–H groups in total. The van der Waals surface area contributed by atoms with Gasteiger partial charge in [-0.1, -0.05) is 64.1 Å². The largest absolute Gasteiger partial charge is 0.490 e. The summed E-state index contributed by atoms with van der Waals surface area (Å²) in [5.74, 6) is 0.769. The van der Waals surface area contributed by atoms with Gasteiger partial charge in [0.2, 0.25) is 0 Å². The van der Waals surface area contributed by atoms with E-state index >= 15 is 0 Å². The molecule has 11 heteroatoms. The molecule has 29 heavy (non-hydrogen) atoms. The Bertz CT molecular complexity index is 681. The molecule has 0 atom stereocenters. The highest BCUT2D eigenvalue weighted by molar-refractivity contribution is 6.55. The number of hydrogen-bond donors (Lipinski definition) is 0. The topological polar surface area (TPSA) is 27.7 Å². The summed E-state index contributed by atoms with van der Waals surface area (Å²) in [5.41, 5.74) is 0. The number of allylic oxidation sites excluding steroid dienone is 1. The van der Waals surface area contributed by atoms with Crippen LogP contribution >= 0.6 is 58.0 Å². The molecule has 1 aromatic rings. The van der Waals surface area contributed by atoms with Crippen LogP contribution in [0.15, 0.2) is 33.8 Å². The van der Waals surface area contributed by atoms with Gasteiger partial charge in [0.25, 0.3) is 0 Å². The van der Waals surface area contributed by atoms with Crippen molar-refractivity contribution in [3.05, 3.63) is 43.9 Å². The molecule has 1 aromatic carbocycles. The van der Waals surface area contributed by atoms with Crippen molar-refractivity contribution < 1.29 is 27.4 Å². The Labute approximate surface area is 192 Å². The van der Waals surface area contributed by atoms with Crippen molar-refractivity contribution in [1.29, 1.82) is 0 Å². The van der Waals surface area contributed by atoms with Gasteiger partial charge in [-0.05, 0) is 25.3 Å². The summed E-state index contributed by atoms with van der Waals surface area (Å²) >= 11 is 28.4. The Morgan fingerprint density at radius 1 is 0.897 bits per heavy atom. The lowest BCUT2D eigenvalue weighted by atomic mass is 10.3. The van der Waals surface area contributed by atoms with Gasteiger partial charge in [0, 0.05) is 18.7 Å². The smallest absolute Gasteiger partial charge is 0.426 e. The molecule has 0 heterocycles. The maximum Gasteiger partial charge on any atom is 0.426 e. The molecule has 0 unspecified atom stereocenters. The van der Waals surface area contributed by atoms with E-state index in [2.05, 4.69) is 0 Å². The maximum atomic E-state index is 12.2. The van der Waals surface area contributed by atoms with E-state index in [-0.39, 0.29) is 34.2 Å². The lowest BCUT2D eigenvalue weighted by Crippen LogP contribution is -2.07. The molecule has 0 fully saturated rings. The van der Waals surface area contributed by atoms with Crippen LogP contribution in [0.25, 0.3) is 0 Å². The average Bonchev–Trinajstić information content (AvgIpc) is 2.60. The van der Waals surface area contributed by atoms with Gasteiger partial charge < -0.3 is 14.2 Å². The number of benzene rings is 1. The fourth-order valence-electron chi connectivity index (χ4n) is 1.93. The monoisotopic (exact) mass is 514 g/mol. The highest BCUT2D eigenvalue weighted by Crippen LogP contribution is 2.37. The molecule has 0 spiro atoms. The van der Waals surface area contributed by atoms with Gasteiger partial charge in [0.05, 0.1) is 23.3 Å². The second-order valence-corrected chi connectivity index (χ2v) is 7.76. The molecular formula is C18H18Cl5F3O3. The number of unbranched alkanes of at least 4 members (excludes halogenated alkanes) is 1. The van der Waals surface area contributed by atoms with Crippen LogP contribution in [0.5, 0.6) is 11.5 Å². The molecule has 0 saturated carbocycles. The number of ether oxygens (including phenoxy) is 3. The molecule has 0 aliphatic rings. The van der Waals surface area contributed by atoms with Gasteiger partial charge in [-0.25, -0.2) is 0 Å². The molecule has 0 amide bonds. The van der Waals surface area contributed by atoms with Crippen molar-refractivity contribution >= 4 is 58.0 Å². The van der Waals surface area contributed by atoms with Crippen LogP contribution in [0.2, 0.25) is 10.0 Å². The predicted molar refractivity (Wildman–Crippen MR) is 112 cm³/mol. The maximum absolute atomic E-state index is 12.2. The average molecular weight is 517 g/mol.